The van der Waals surface area contributed by atoms with Gasteiger partial charge >= 0.3 is 0 Å². The molecule has 0 N–H and O–H groups in total. The van der Waals surface area contributed by atoms with Gasteiger partial charge in [0.05, 0.1) is 9.79 Å². The van der Waals surface area contributed by atoms with Crippen molar-refractivity contribution < 1.29 is 0 Å². The summed E-state index contributed by atoms with van der Waals surface area (Å²) in [4.78, 5) is 13.4. The second-order valence-electron chi connectivity index (χ2n) is 4.33. The molecule has 0 bridgehead atoms. The lowest BCUT2D eigenvalue weighted by atomic mass is 10.3. The van der Waals surface area contributed by atoms with Gasteiger partial charge in [-0.3, -0.25) is 0 Å². The van der Waals surface area contributed by atoms with Gasteiger partial charge in [-0.05, 0) is 37.1 Å². The molecule has 3 heterocycles. The molecule has 0 saturated heterocycles. The molecule has 0 amide bonds. The first-order valence-electron chi connectivity index (χ1n) is 5.50. The van der Waals surface area contributed by atoms with Gasteiger partial charge in [-0.1, -0.05) is 11.8 Å². The monoisotopic (exact) mass is 243 g/mol. The molecule has 1 aliphatic heterocycles. The van der Waals surface area contributed by atoms with Crippen LogP contribution in [0.25, 0.3) is 0 Å². The first kappa shape index (κ1) is 10.6. The summed E-state index contributed by atoms with van der Waals surface area (Å²) in [5.41, 5.74) is 2.38. The van der Waals surface area contributed by atoms with E-state index < -0.39 is 0 Å². The molecule has 86 valence electrons. The zero-order valence-corrected chi connectivity index (χ0v) is 10.9. The molecule has 0 saturated carbocycles. The maximum Gasteiger partial charge on any atom is 0.147 e. The lowest BCUT2D eigenvalue weighted by Crippen LogP contribution is -2.17. The number of anilines is 2. The fourth-order valence-electron chi connectivity index (χ4n) is 1.94. The van der Waals surface area contributed by atoms with Crippen LogP contribution >= 0.6 is 11.8 Å². The molecular weight excluding hydrogens is 230 g/mol. The highest BCUT2D eigenvalue weighted by atomic mass is 32.2. The maximum absolute atomic E-state index is 4.49. The largest absolute Gasteiger partial charge is 0.312 e. The van der Waals surface area contributed by atoms with E-state index in [0.717, 1.165) is 11.6 Å². The van der Waals surface area contributed by atoms with Crippen LogP contribution in [0.15, 0.2) is 34.3 Å². The summed E-state index contributed by atoms with van der Waals surface area (Å²) < 4.78 is 0. The van der Waals surface area contributed by atoms with E-state index in [2.05, 4.69) is 40.8 Å². The van der Waals surface area contributed by atoms with E-state index in [1.165, 1.54) is 20.9 Å². The Hall–Kier alpha value is -1.55. The number of hydrogen-bond acceptors (Lipinski definition) is 4. The molecule has 0 unspecified atom stereocenters. The van der Waals surface area contributed by atoms with E-state index in [-0.39, 0.29) is 0 Å². The lowest BCUT2D eigenvalue weighted by molar-refractivity contribution is 0.987. The molecule has 3 rings (SSSR count). The van der Waals surface area contributed by atoms with Crippen LogP contribution in [-0.2, 0) is 0 Å². The molecule has 17 heavy (non-hydrogen) atoms. The minimum absolute atomic E-state index is 0.990. The zero-order valence-electron chi connectivity index (χ0n) is 10.1. The van der Waals surface area contributed by atoms with Crippen LogP contribution in [-0.4, -0.2) is 17.0 Å². The van der Waals surface area contributed by atoms with Gasteiger partial charge in [-0.15, -0.1) is 0 Å². The second-order valence-corrected chi connectivity index (χ2v) is 5.41. The highest BCUT2D eigenvalue weighted by Gasteiger charge is 2.22. The van der Waals surface area contributed by atoms with Crippen molar-refractivity contribution in [1.82, 2.24) is 9.97 Å². The van der Waals surface area contributed by atoms with Gasteiger partial charge in [0.1, 0.15) is 11.6 Å². The first-order valence-corrected chi connectivity index (χ1v) is 6.31. The number of fused-ring (bicyclic) bond motifs is 2. The third-order valence-electron chi connectivity index (χ3n) is 2.79. The molecule has 2 aromatic rings. The van der Waals surface area contributed by atoms with Gasteiger partial charge in [0.2, 0.25) is 0 Å². The van der Waals surface area contributed by atoms with E-state index in [9.17, 15) is 0 Å². The average Bonchev–Trinajstić information content (AvgIpc) is 2.28. The second kappa shape index (κ2) is 3.74. The third-order valence-corrected chi connectivity index (χ3v) is 3.84. The minimum Gasteiger partial charge on any atom is -0.312 e. The highest BCUT2D eigenvalue weighted by molar-refractivity contribution is 7.99. The van der Waals surface area contributed by atoms with E-state index in [0.29, 0.717) is 0 Å². The molecule has 0 radical (unpaired) electrons. The Morgan fingerprint density at radius 2 is 1.41 bits per heavy atom. The van der Waals surface area contributed by atoms with Crippen molar-refractivity contribution in [3.8, 4) is 0 Å². The molecule has 0 atom stereocenters. The van der Waals surface area contributed by atoms with E-state index >= 15 is 0 Å². The molecule has 0 aromatic carbocycles. The van der Waals surface area contributed by atoms with Crippen molar-refractivity contribution >= 4 is 23.4 Å². The van der Waals surface area contributed by atoms with Crippen molar-refractivity contribution in [1.29, 1.82) is 0 Å². The van der Waals surface area contributed by atoms with Crippen molar-refractivity contribution in [2.45, 2.75) is 23.6 Å². The first-order chi connectivity index (χ1) is 8.15. The van der Waals surface area contributed by atoms with Gasteiger partial charge in [0.15, 0.2) is 0 Å². The van der Waals surface area contributed by atoms with Crippen LogP contribution in [0.4, 0.5) is 11.6 Å². The molecule has 0 spiro atoms. The Morgan fingerprint density at radius 3 is 1.88 bits per heavy atom. The molecule has 0 fully saturated rings. The molecule has 3 nitrogen and oxygen atoms in total. The maximum atomic E-state index is 4.49. The van der Waals surface area contributed by atoms with Crippen molar-refractivity contribution in [2.75, 3.05) is 11.9 Å². The number of aromatic nitrogens is 2. The summed E-state index contributed by atoms with van der Waals surface area (Å²) in [6.07, 6.45) is 3.80. The van der Waals surface area contributed by atoms with Gasteiger partial charge < -0.3 is 4.90 Å². The highest BCUT2D eigenvalue weighted by Crippen LogP contribution is 2.45. The number of aryl methyl sites for hydroxylation is 2. The smallest absolute Gasteiger partial charge is 0.147 e. The van der Waals surface area contributed by atoms with E-state index in [1.54, 1.807) is 11.8 Å². The average molecular weight is 243 g/mol. The number of nitrogens with zero attached hydrogens (tertiary/aromatic N) is 3. The van der Waals surface area contributed by atoms with Gasteiger partial charge in [-0.2, -0.15) is 0 Å². The summed E-state index contributed by atoms with van der Waals surface area (Å²) in [5.74, 6) is 1.98. The van der Waals surface area contributed by atoms with E-state index in [4.69, 9.17) is 0 Å². The number of hydrogen-bond donors (Lipinski definition) is 0. The standard InChI is InChI=1S/C13H13N3S/c1-8-4-10-12(14-6-8)16(3)13-11(17-10)5-9(2)7-15-13/h4-7H,1-3H3. The third kappa shape index (κ3) is 1.69. The number of rotatable bonds is 0. The van der Waals surface area contributed by atoms with Crippen LogP contribution in [0, 0.1) is 13.8 Å². The van der Waals surface area contributed by atoms with Crippen LogP contribution < -0.4 is 4.90 Å². The quantitative estimate of drug-likeness (QED) is 0.709. The summed E-state index contributed by atoms with van der Waals surface area (Å²) in [6, 6.07) is 4.35. The van der Waals surface area contributed by atoms with Crippen LogP contribution in [0.3, 0.4) is 0 Å². The molecule has 2 aromatic heterocycles. The summed E-state index contributed by atoms with van der Waals surface area (Å²) >= 11 is 1.75. The van der Waals surface area contributed by atoms with Crippen molar-refractivity contribution in [2.24, 2.45) is 0 Å². The summed E-state index contributed by atoms with van der Waals surface area (Å²) in [6.45, 7) is 4.13. The summed E-state index contributed by atoms with van der Waals surface area (Å²) in [5, 5.41) is 0. The molecule has 4 heteroatoms. The Kier molecular flexibility index (Phi) is 2.33. The Bertz CT molecular complexity index is 544. The Balaban J connectivity index is 2.17. The van der Waals surface area contributed by atoms with Gasteiger partial charge in [0, 0.05) is 19.4 Å². The van der Waals surface area contributed by atoms with Crippen LogP contribution in [0.5, 0.6) is 0 Å². The molecule has 0 aliphatic carbocycles. The molecule has 1 aliphatic rings. The SMILES string of the molecule is Cc1cnc2c(c1)Sc1cc(C)cnc1N2C. The number of pyridine rings is 2. The van der Waals surface area contributed by atoms with Gasteiger partial charge in [-0.25, -0.2) is 9.97 Å². The fourth-order valence-corrected chi connectivity index (χ4v) is 3.23. The van der Waals surface area contributed by atoms with Crippen LogP contribution in [0.1, 0.15) is 11.1 Å². The fraction of sp³-hybridized carbons (Fsp3) is 0.231. The normalized spacial score (nSPS) is 13.2. The lowest BCUT2D eigenvalue weighted by Gasteiger charge is -2.27. The zero-order chi connectivity index (χ0) is 12.0. The Morgan fingerprint density at radius 1 is 0.941 bits per heavy atom. The predicted octanol–water partition coefficient (Wildman–Crippen LogP) is 3.33. The van der Waals surface area contributed by atoms with Crippen molar-refractivity contribution in [3.63, 3.8) is 0 Å². The predicted molar refractivity (Wildman–Crippen MR) is 70.1 cm³/mol. The van der Waals surface area contributed by atoms with Crippen molar-refractivity contribution in [3.05, 3.63) is 35.7 Å². The van der Waals surface area contributed by atoms with Crippen LogP contribution in [0.2, 0.25) is 0 Å². The Labute approximate surface area is 105 Å². The van der Waals surface area contributed by atoms with Gasteiger partial charge in [0.25, 0.3) is 0 Å². The molecular formula is C13H13N3S. The minimum atomic E-state index is 0.990. The van der Waals surface area contributed by atoms with E-state index in [1.807, 2.05) is 19.4 Å². The topological polar surface area (TPSA) is 29.0 Å². The summed E-state index contributed by atoms with van der Waals surface area (Å²) in [7, 11) is 2.02.